The van der Waals surface area contributed by atoms with E-state index in [1.165, 1.54) is 0 Å². The topological polar surface area (TPSA) is 52.9 Å². The number of benzene rings is 1. The summed E-state index contributed by atoms with van der Waals surface area (Å²) in [6.07, 6.45) is 1.43. The minimum atomic E-state index is 0.0263. The van der Waals surface area contributed by atoms with E-state index in [0.29, 0.717) is 17.9 Å². The molecule has 0 bridgehead atoms. The summed E-state index contributed by atoms with van der Waals surface area (Å²) in [5.41, 5.74) is 1.34. The van der Waals surface area contributed by atoms with Crippen LogP contribution in [0.25, 0.3) is 0 Å². The zero-order chi connectivity index (χ0) is 12.0. The molecule has 0 heterocycles. The van der Waals surface area contributed by atoms with Gasteiger partial charge in [-0.05, 0) is 36.6 Å². The number of rotatable bonds is 4. The Kier molecular flexibility index (Phi) is 4.53. The number of nitrogens with one attached hydrogen (secondary N) is 1. The lowest BCUT2D eigenvalue weighted by Gasteiger charge is -2.06. The van der Waals surface area contributed by atoms with Gasteiger partial charge in [-0.2, -0.15) is 5.26 Å². The number of nitrogens with zero attached hydrogens (tertiary/aromatic N) is 1. The van der Waals surface area contributed by atoms with E-state index in [0.717, 1.165) is 12.1 Å². The fraction of sp³-hybridized carbons (Fsp3) is 0.385. The molecular formula is C13H16N2O. The number of carbonyl (C=O) groups is 1. The number of carbonyl (C=O) groups excluding carboxylic acids is 1. The van der Waals surface area contributed by atoms with Gasteiger partial charge in [-0.15, -0.1) is 0 Å². The van der Waals surface area contributed by atoms with E-state index in [1.54, 1.807) is 24.3 Å². The molecule has 0 aliphatic rings. The molecule has 0 aliphatic heterocycles. The maximum absolute atomic E-state index is 11.5. The summed E-state index contributed by atoms with van der Waals surface area (Å²) < 4.78 is 0. The van der Waals surface area contributed by atoms with Crippen LogP contribution in [-0.4, -0.2) is 5.91 Å². The molecule has 0 aromatic heterocycles. The molecule has 0 saturated carbocycles. The van der Waals surface area contributed by atoms with E-state index in [1.807, 2.05) is 6.07 Å². The molecule has 1 N–H and O–H groups in total. The maximum atomic E-state index is 11.5. The highest BCUT2D eigenvalue weighted by molar-refractivity contribution is 5.90. The minimum Gasteiger partial charge on any atom is -0.326 e. The van der Waals surface area contributed by atoms with Crippen LogP contribution in [0.3, 0.4) is 0 Å². The first-order valence-electron chi connectivity index (χ1n) is 5.42. The first-order valence-corrected chi connectivity index (χ1v) is 5.42. The molecule has 1 aromatic rings. The van der Waals surface area contributed by atoms with Gasteiger partial charge in [-0.1, -0.05) is 13.8 Å². The highest BCUT2D eigenvalue weighted by Crippen LogP contribution is 2.10. The second-order valence-electron chi connectivity index (χ2n) is 4.17. The molecule has 1 aromatic carbocycles. The Morgan fingerprint density at radius 2 is 2.00 bits per heavy atom. The molecule has 1 amide bonds. The molecule has 16 heavy (non-hydrogen) atoms. The highest BCUT2D eigenvalue weighted by atomic mass is 16.1. The van der Waals surface area contributed by atoms with Gasteiger partial charge in [-0.3, -0.25) is 4.79 Å². The summed E-state index contributed by atoms with van der Waals surface area (Å²) in [5.74, 6) is 0.560. The predicted molar refractivity (Wildman–Crippen MR) is 63.9 cm³/mol. The predicted octanol–water partition coefficient (Wildman–Crippen LogP) is 2.93. The third-order valence-corrected chi connectivity index (χ3v) is 2.25. The number of hydrogen-bond acceptors (Lipinski definition) is 2. The van der Waals surface area contributed by atoms with Gasteiger partial charge in [0.15, 0.2) is 0 Å². The number of hydrogen-bond donors (Lipinski definition) is 1. The van der Waals surface area contributed by atoms with Crippen molar-refractivity contribution in [1.29, 1.82) is 5.26 Å². The number of amides is 1. The fourth-order valence-corrected chi connectivity index (χ4v) is 1.27. The Morgan fingerprint density at radius 3 is 2.50 bits per heavy atom. The molecule has 0 spiro atoms. The van der Waals surface area contributed by atoms with Crippen LogP contribution in [0.2, 0.25) is 0 Å². The van der Waals surface area contributed by atoms with E-state index in [4.69, 9.17) is 5.26 Å². The Hall–Kier alpha value is -1.82. The van der Waals surface area contributed by atoms with Gasteiger partial charge in [0.05, 0.1) is 11.6 Å². The summed E-state index contributed by atoms with van der Waals surface area (Å²) in [6.45, 7) is 4.18. The van der Waals surface area contributed by atoms with Crippen molar-refractivity contribution in [2.45, 2.75) is 26.7 Å². The van der Waals surface area contributed by atoms with E-state index >= 15 is 0 Å². The zero-order valence-electron chi connectivity index (χ0n) is 9.66. The van der Waals surface area contributed by atoms with Crippen molar-refractivity contribution < 1.29 is 4.79 Å². The van der Waals surface area contributed by atoms with Gasteiger partial charge >= 0.3 is 0 Å². The van der Waals surface area contributed by atoms with Gasteiger partial charge in [0, 0.05) is 12.1 Å². The third kappa shape index (κ3) is 4.14. The maximum Gasteiger partial charge on any atom is 0.224 e. The molecule has 84 valence electrons. The van der Waals surface area contributed by atoms with E-state index < -0.39 is 0 Å². The molecule has 1 rings (SSSR count). The van der Waals surface area contributed by atoms with Crippen LogP contribution in [0, 0.1) is 17.2 Å². The Balaban J connectivity index is 2.47. The molecule has 0 radical (unpaired) electrons. The molecule has 0 atom stereocenters. The molecule has 0 fully saturated rings. The summed E-state index contributed by atoms with van der Waals surface area (Å²) in [6, 6.07) is 8.90. The van der Waals surface area contributed by atoms with Crippen molar-refractivity contribution in [3.63, 3.8) is 0 Å². The van der Waals surface area contributed by atoms with Crippen LogP contribution in [0.5, 0.6) is 0 Å². The second-order valence-corrected chi connectivity index (χ2v) is 4.17. The van der Waals surface area contributed by atoms with Gasteiger partial charge in [0.2, 0.25) is 5.91 Å². The van der Waals surface area contributed by atoms with Gasteiger partial charge < -0.3 is 5.32 Å². The quantitative estimate of drug-likeness (QED) is 0.841. The summed E-state index contributed by atoms with van der Waals surface area (Å²) in [7, 11) is 0. The highest BCUT2D eigenvalue weighted by Gasteiger charge is 2.03. The largest absolute Gasteiger partial charge is 0.326 e. The normalized spacial score (nSPS) is 9.88. The number of anilines is 1. The van der Waals surface area contributed by atoms with Crippen molar-refractivity contribution >= 4 is 11.6 Å². The van der Waals surface area contributed by atoms with Gasteiger partial charge in [0.1, 0.15) is 0 Å². The van der Waals surface area contributed by atoms with Crippen molar-refractivity contribution in [2.24, 2.45) is 5.92 Å². The van der Waals surface area contributed by atoms with Gasteiger partial charge in [-0.25, -0.2) is 0 Å². The molecule has 0 aliphatic carbocycles. The molecule has 0 saturated heterocycles. The van der Waals surface area contributed by atoms with Crippen LogP contribution in [0.15, 0.2) is 24.3 Å². The minimum absolute atomic E-state index is 0.0263. The van der Waals surface area contributed by atoms with Crippen LogP contribution in [-0.2, 0) is 4.79 Å². The Labute approximate surface area is 96.1 Å². The van der Waals surface area contributed by atoms with Crippen LogP contribution in [0.4, 0.5) is 5.69 Å². The summed E-state index contributed by atoms with van der Waals surface area (Å²) >= 11 is 0. The SMILES string of the molecule is CC(C)CCC(=O)Nc1ccc(C#N)cc1. The third-order valence-electron chi connectivity index (χ3n) is 2.25. The molecule has 3 nitrogen and oxygen atoms in total. The van der Waals surface area contributed by atoms with E-state index in [9.17, 15) is 4.79 Å². The van der Waals surface area contributed by atoms with Crippen molar-refractivity contribution in [2.75, 3.05) is 5.32 Å². The fourth-order valence-electron chi connectivity index (χ4n) is 1.27. The molecule has 3 heteroatoms. The lowest BCUT2D eigenvalue weighted by molar-refractivity contribution is -0.116. The van der Waals surface area contributed by atoms with Crippen molar-refractivity contribution in [3.05, 3.63) is 29.8 Å². The standard InChI is InChI=1S/C13H16N2O/c1-10(2)3-8-13(16)15-12-6-4-11(9-14)5-7-12/h4-7,10H,3,8H2,1-2H3,(H,15,16). The van der Waals surface area contributed by atoms with Crippen LogP contribution >= 0.6 is 0 Å². The first kappa shape index (κ1) is 12.3. The smallest absolute Gasteiger partial charge is 0.224 e. The van der Waals surface area contributed by atoms with Crippen molar-refractivity contribution in [3.8, 4) is 6.07 Å². The monoisotopic (exact) mass is 216 g/mol. The Morgan fingerprint density at radius 1 is 1.38 bits per heavy atom. The molecular weight excluding hydrogens is 200 g/mol. The lowest BCUT2D eigenvalue weighted by atomic mass is 10.1. The average molecular weight is 216 g/mol. The average Bonchev–Trinajstić information content (AvgIpc) is 2.27. The first-order chi connectivity index (χ1) is 7.61. The lowest BCUT2D eigenvalue weighted by Crippen LogP contribution is -2.12. The van der Waals surface area contributed by atoms with E-state index in [-0.39, 0.29) is 5.91 Å². The van der Waals surface area contributed by atoms with Crippen molar-refractivity contribution in [1.82, 2.24) is 0 Å². The number of nitriles is 1. The van der Waals surface area contributed by atoms with Gasteiger partial charge in [0.25, 0.3) is 0 Å². The molecule has 0 unspecified atom stereocenters. The van der Waals surface area contributed by atoms with Crippen LogP contribution in [0.1, 0.15) is 32.3 Å². The summed E-state index contributed by atoms with van der Waals surface area (Å²) in [5, 5.41) is 11.4. The Bertz CT molecular complexity index is 387. The summed E-state index contributed by atoms with van der Waals surface area (Å²) in [4.78, 5) is 11.5. The van der Waals surface area contributed by atoms with E-state index in [2.05, 4.69) is 19.2 Å². The second kappa shape index (κ2) is 5.92. The van der Waals surface area contributed by atoms with Crippen LogP contribution < -0.4 is 5.32 Å². The zero-order valence-corrected chi connectivity index (χ0v) is 9.66.